The molecule has 3 rings (SSSR count). The third kappa shape index (κ3) is 2.09. The predicted molar refractivity (Wildman–Crippen MR) is 84.7 cm³/mol. The van der Waals surface area contributed by atoms with E-state index in [1.807, 2.05) is 73.7 Å². The molecule has 0 radical (unpaired) electrons. The minimum Gasteiger partial charge on any atom is -0.325 e. The van der Waals surface area contributed by atoms with Gasteiger partial charge in [0.1, 0.15) is 5.41 Å². The summed E-state index contributed by atoms with van der Waals surface area (Å²) in [7, 11) is 0. The van der Waals surface area contributed by atoms with Gasteiger partial charge in [-0.2, -0.15) is 0 Å². The zero-order chi connectivity index (χ0) is 14.9. The van der Waals surface area contributed by atoms with Crippen LogP contribution in [0.1, 0.15) is 18.1 Å². The third-order valence-electron chi connectivity index (χ3n) is 3.89. The topological polar surface area (TPSA) is 29.1 Å². The molecule has 104 valence electrons. The van der Waals surface area contributed by atoms with Crippen LogP contribution >= 0.6 is 0 Å². The van der Waals surface area contributed by atoms with Crippen molar-refractivity contribution in [1.82, 2.24) is 5.32 Å². The fourth-order valence-corrected chi connectivity index (χ4v) is 2.77. The van der Waals surface area contributed by atoms with Gasteiger partial charge in [-0.3, -0.25) is 4.79 Å². The van der Waals surface area contributed by atoms with Crippen LogP contribution in [-0.2, 0) is 10.2 Å². The molecule has 2 nitrogen and oxygen atoms in total. The second-order valence-electron chi connectivity index (χ2n) is 5.33. The van der Waals surface area contributed by atoms with Gasteiger partial charge in [-0.1, -0.05) is 67.2 Å². The molecule has 1 heterocycles. The van der Waals surface area contributed by atoms with Crippen LogP contribution in [0.5, 0.6) is 0 Å². The zero-order valence-electron chi connectivity index (χ0n) is 12.0. The number of hydrogen-bond donors (Lipinski definition) is 1. The molecule has 0 spiro atoms. The maximum atomic E-state index is 12.8. The molecule has 0 bridgehead atoms. The Kier molecular flexibility index (Phi) is 3.22. The Morgan fingerprint density at radius 3 is 1.81 bits per heavy atom. The Bertz CT molecular complexity index is 674. The molecule has 0 atom stereocenters. The molecule has 0 saturated heterocycles. The van der Waals surface area contributed by atoms with E-state index in [9.17, 15) is 4.79 Å². The van der Waals surface area contributed by atoms with E-state index in [2.05, 4.69) is 11.9 Å². The fourth-order valence-electron chi connectivity index (χ4n) is 2.77. The molecular weight excluding hydrogens is 258 g/mol. The Hall–Kier alpha value is -2.61. The molecule has 1 aliphatic rings. The van der Waals surface area contributed by atoms with Crippen LogP contribution in [0.15, 0.2) is 84.6 Å². The lowest BCUT2D eigenvalue weighted by Gasteiger charge is -2.26. The van der Waals surface area contributed by atoms with Gasteiger partial charge in [0.25, 0.3) is 0 Å². The second-order valence-corrected chi connectivity index (χ2v) is 5.33. The highest BCUT2D eigenvalue weighted by Gasteiger charge is 2.44. The number of allylic oxidation sites excluding steroid dienone is 1. The fraction of sp³-hybridized carbons (Fsp3) is 0.105. The van der Waals surface area contributed by atoms with Crippen molar-refractivity contribution in [3.63, 3.8) is 0 Å². The number of nitrogens with one attached hydrogen (secondary N) is 1. The van der Waals surface area contributed by atoms with Crippen molar-refractivity contribution in [3.05, 3.63) is 95.7 Å². The molecule has 2 aromatic carbocycles. The maximum absolute atomic E-state index is 12.8. The van der Waals surface area contributed by atoms with E-state index in [1.54, 1.807) is 0 Å². The smallest absolute Gasteiger partial charge is 0.243 e. The average molecular weight is 275 g/mol. The standard InChI is InChI=1S/C19H17NO/c1-14(2)17-13-19(18(21)20-17,15-9-5-3-6-10-15)16-11-7-4-8-12-16/h3-13H,1H2,2H3,(H,20,21). The summed E-state index contributed by atoms with van der Waals surface area (Å²) in [4.78, 5) is 12.8. The number of carbonyl (C=O) groups is 1. The van der Waals surface area contributed by atoms with Gasteiger partial charge in [-0.25, -0.2) is 0 Å². The average Bonchev–Trinajstić information content (AvgIpc) is 2.88. The summed E-state index contributed by atoms with van der Waals surface area (Å²) in [5.74, 6) is -0.0297. The number of amides is 1. The van der Waals surface area contributed by atoms with Crippen molar-refractivity contribution in [3.8, 4) is 0 Å². The SMILES string of the molecule is C=C(C)C1=CC(c2ccccc2)(c2ccccc2)C(=O)N1. The van der Waals surface area contributed by atoms with Crippen LogP contribution in [-0.4, -0.2) is 5.91 Å². The number of benzene rings is 2. The molecule has 0 aliphatic carbocycles. The molecule has 2 heteroatoms. The molecule has 1 amide bonds. The molecule has 1 aliphatic heterocycles. The largest absolute Gasteiger partial charge is 0.325 e. The molecule has 0 fully saturated rings. The first-order valence-electron chi connectivity index (χ1n) is 6.96. The van der Waals surface area contributed by atoms with E-state index in [0.29, 0.717) is 0 Å². The van der Waals surface area contributed by atoms with Crippen molar-refractivity contribution in [1.29, 1.82) is 0 Å². The van der Waals surface area contributed by atoms with Crippen LogP contribution in [0.2, 0.25) is 0 Å². The summed E-state index contributed by atoms with van der Waals surface area (Å²) >= 11 is 0. The highest BCUT2D eigenvalue weighted by molar-refractivity contribution is 5.99. The lowest BCUT2D eigenvalue weighted by atomic mass is 9.74. The molecule has 2 aromatic rings. The predicted octanol–water partition coefficient (Wildman–Crippen LogP) is 3.56. The number of carbonyl (C=O) groups excluding carboxylic acids is 1. The minimum atomic E-state index is -0.781. The van der Waals surface area contributed by atoms with Crippen molar-refractivity contribution < 1.29 is 4.79 Å². The molecule has 21 heavy (non-hydrogen) atoms. The van der Waals surface area contributed by atoms with Crippen molar-refractivity contribution in [2.45, 2.75) is 12.3 Å². The molecular formula is C19H17NO. The minimum absolute atomic E-state index is 0.0297. The summed E-state index contributed by atoms with van der Waals surface area (Å²) in [6.07, 6.45) is 1.99. The van der Waals surface area contributed by atoms with E-state index < -0.39 is 5.41 Å². The van der Waals surface area contributed by atoms with Crippen LogP contribution in [0.4, 0.5) is 0 Å². The van der Waals surface area contributed by atoms with Gasteiger partial charge >= 0.3 is 0 Å². The summed E-state index contributed by atoms with van der Waals surface area (Å²) in [5, 5.41) is 2.96. The van der Waals surface area contributed by atoms with Gasteiger partial charge < -0.3 is 5.32 Å². The first kappa shape index (κ1) is 13.4. The summed E-state index contributed by atoms with van der Waals surface area (Å²) in [5.41, 5.74) is 2.80. The Morgan fingerprint density at radius 2 is 1.43 bits per heavy atom. The zero-order valence-corrected chi connectivity index (χ0v) is 12.0. The van der Waals surface area contributed by atoms with Crippen molar-refractivity contribution in [2.24, 2.45) is 0 Å². The monoisotopic (exact) mass is 275 g/mol. The van der Waals surface area contributed by atoms with Crippen molar-refractivity contribution >= 4 is 5.91 Å². The lowest BCUT2D eigenvalue weighted by molar-refractivity contribution is -0.122. The van der Waals surface area contributed by atoms with Gasteiger partial charge in [0.05, 0.1) is 0 Å². The van der Waals surface area contributed by atoms with E-state index in [-0.39, 0.29) is 5.91 Å². The van der Waals surface area contributed by atoms with Gasteiger partial charge in [0, 0.05) is 5.70 Å². The second kappa shape index (κ2) is 5.06. The maximum Gasteiger partial charge on any atom is 0.243 e. The number of rotatable bonds is 3. The van der Waals surface area contributed by atoms with E-state index in [4.69, 9.17) is 0 Å². The van der Waals surface area contributed by atoms with E-state index in [1.165, 1.54) is 0 Å². The Labute approximate surface area is 124 Å². The summed E-state index contributed by atoms with van der Waals surface area (Å²) < 4.78 is 0. The Morgan fingerprint density at radius 1 is 0.952 bits per heavy atom. The van der Waals surface area contributed by atoms with Gasteiger partial charge in [-0.15, -0.1) is 0 Å². The van der Waals surface area contributed by atoms with Crippen LogP contribution in [0, 0.1) is 0 Å². The summed E-state index contributed by atoms with van der Waals surface area (Å²) in [6, 6.07) is 19.7. The molecule has 0 unspecified atom stereocenters. The molecule has 1 N–H and O–H groups in total. The van der Waals surface area contributed by atoms with Crippen LogP contribution in [0.3, 0.4) is 0 Å². The van der Waals surface area contributed by atoms with Crippen molar-refractivity contribution in [2.75, 3.05) is 0 Å². The summed E-state index contributed by atoms with van der Waals surface area (Å²) in [6.45, 7) is 5.84. The first-order chi connectivity index (χ1) is 10.1. The number of hydrogen-bond acceptors (Lipinski definition) is 1. The molecule has 0 aromatic heterocycles. The van der Waals surface area contributed by atoms with Gasteiger partial charge in [-0.05, 0) is 29.7 Å². The highest BCUT2D eigenvalue weighted by atomic mass is 16.2. The normalized spacial score (nSPS) is 16.2. The lowest BCUT2D eigenvalue weighted by Crippen LogP contribution is -2.37. The van der Waals surface area contributed by atoms with Crippen LogP contribution < -0.4 is 5.32 Å². The Balaban J connectivity index is 2.27. The van der Waals surface area contributed by atoms with Crippen LogP contribution in [0.25, 0.3) is 0 Å². The van der Waals surface area contributed by atoms with Gasteiger partial charge in [0.2, 0.25) is 5.91 Å². The highest BCUT2D eigenvalue weighted by Crippen LogP contribution is 2.39. The quantitative estimate of drug-likeness (QED) is 0.911. The van der Waals surface area contributed by atoms with E-state index >= 15 is 0 Å². The first-order valence-corrected chi connectivity index (χ1v) is 6.96. The van der Waals surface area contributed by atoms with E-state index in [0.717, 1.165) is 22.4 Å². The molecule has 0 saturated carbocycles. The van der Waals surface area contributed by atoms with Gasteiger partial charge in [0.15, 0.2) is 0 Å². The third-order valence-corrected chi connectivity index (χ3v) is 3.89.